The van der Waals surface area contributed by atoms with Gasteiger partial charge >= 0.3 is 5.97 Å². The average molecular weight is 357 g/mol. The Kier molecular flexibility index (Phi) is 10.3. The minimum absolute atomic E-state index is 0. The molecule has 1 aromatic carbocycles. The molecule has 24 heavy (non-hydrogen) atoms. The van der Waals surface area contributed by atoms with E-state index in [9.17, 15) is 9.59 Å². The van der Waals surface area contributed by atoms with Crippen molar-refractivity contribution in [3.63, 3.8) is 0 Å². The van der Waals surface area contributed by atoms with Gasteiger partial charge in [0.25, 0.3) is 0 Å². The molecule has 0 aliphatic heterocycles. The molecular formula is C18H29ClN2O3. The molecule has 0 fully saturated rings. The van der Waals surface area contributed by atoms with Gasteiger partial charge in [0.1, 0.15) is 12.6 Å². The third-order valence-electron chi connectivity index (χ3n) is 3.55. The van der Waals surface area contributed by atoms with Crippen LogP contribution in [-0.2, 0) is 20.9 Å². The SMILES string of the molecule is CC(C)C[C@H](NC(=O)[C@@H](N)C(C)C)C(=O)OCc1ccccc1.Cl. The van der Waals surface area contributed by atoms with E-state index in [1.165, 1.54) is 0 Å². The lowest BCUT2D eigenvalue weighted by molar-refractivity contribution is -0.149. The zero-order valence-electron chi connectivity index (χ0n) is 14.8. The van der Waals surface area contributed by atoms with Crippen LogP contribution in [0.25, 0.3) is 0 Å². The predicted molar refractivity (Wildman–Crippen MR) is 97.7 cm³/mol. The van der Waals surface area contributed by atoms with Crippen LogP contribution in [-0.4, -0.2) is 24.0 Å². The number of carbonyl (C=O) groups excluding carboxylic acids is 2. The van der Waals surface area contributed by atoms with Crippen LogP contribution < -0.4 is 11.1 Å². The number of amides is 1. The van der Waals surface area contributed by atoms with E-state index in [1.807, 2.05) is 58.0 Å². The normalized spacial score (nSPS) is 13.1. The van der Waals surface area contributed by atoms with E-state index in [0.717, 1.165) is 5.56 Å². The smallest absolute Gasteiger partial charge is 0.328 e. The Morgan fingerprint density at radius 2 is 1.71 bits per heavy atom. The van der Waals surface area contributed by atoms with Gasteiger partial charge in [-0.15, -0.1) is 12.4 Å². The molecule has 1 rings (SSSR count). The van der Waals surface area contributed by atoms with Gasteiger partial charge < -0.3 is 15.8 Å². The van der Waals surface area contributed by atoms with E-state index < -0.39 is 18.1 Å². The number of hydrogen-bond donors (Lipinski definition) is 2. The van der Waals surface area contributed by atoms with Crippen molar-refractivity contribution in [2.75, 3.05) is 0 Å². The average Bonchev–Trinajstić information content (AvgIpc) is 2.51. The summed E-state index contributed by atoms with van der Waals surface area (Å²) < 4.78 is 5.34. The van der Waals surface area contributed by atoms with Gasteiger partial charge in [-0.3, -0.25) is 4.79 Å². The maximum Gasteiger partial charge on any atom is 0.328 e. The zero-order valence-corrected chi connectivity index (χ0v) is 15.6. The number of esters is 1. The number of benzene rings is 1. The van der Waals surface area contributed by atoms with Crippen LogP contribution in [0.5, 0.6) is 0 Å². The summed E-state index contributed by atoms with van der Waals surface area (Å²) in [5.41, 5.74) is 6.75. The maximum atomic E-state index is 12.3. The number of halogens is 1. The molecule has 0 spiro atoms. The highest BCUT2D eigenvalue weighted by Gasteiger charge is 2.26. The highest BCUT2D eigenvalue weighted by Crippen LogP contribution is 2.10. The van der Waals surface area contributed by atoms with Gasteiger partial charge in [0.15, 0.2) is 0 Å². The summed E-state index contributed by atoms with van der Waals surface area (Å²) in [6, 6.07) is 8.15. The van der Waals surface area contributed by atoms with Crippen molar-refractivity contribution in [1.29, 1.82) is 0 Å². The number of nitrogens with two attached hydrogens (primary N) is 1. The second-order valence-electron chi connectivity index (χ2n) is 6.55. The van der Waals surface area contributed by atoms with Crippen molar-refractivity contribution < 1.29 is 14.3 Å². The Morgan fingerprint density at radius 3 is 2.21 bits per heavy atom. The molecule has 0 aromatic heterocycles. The lowest BCUT2D eigenvalue weighted by Crippen LogP contribution is -2.51. The van der Waals surface area contributed by atoms with Crippen molar-refractivity contribution in [2.24, 2.45) is 17.6 Å². The zero-order chi connectivity index (χ0) is 17.4. The van der Waals surface area contributed by atoms with Gasteiger partial charge in [0.05, 0.1) is 6.04 Å². The first kappa shape index (κ1) is 22.4. The Bertz CT molecular complexity index is 506. The van der Waals surface area contributed by atoms with Crippen LogP contribution in [0.1, 0.15) is 39.7 Å². The largest absolute Gasteiger partial charge is 0.459 e. The summed E-state index contributed by atoms with van der Waals surface area (Å²) in [7, 11) is 0. The molecule has 0 aliphatic carbocycles. The highest BCUT2D eigenvalue weighted by atomic mass is 35.5. The van der Waals surface area contributed by atoms with Crippen LogP contribution in [0.4, 0.5) is 0 Å². The minimum atomic E-state index is -0.670. The van der Waals surface area contributed by atoms with E-state index in [4.69, 9.17) is 10.5 Å². The van der Waals surface area contributed by atoms with Gasteiger partial charge in [-0.2, -0.15) is 0 Å². The quantitative estimate of drug-likeness (QED) is 0.701. The third-order valence-corrected chi connectivity index (χ3v) is 3.55. The van der Waals surface area contributed by atoms with Gasteiger partial charge in [0, 0.05) is 0 Å². The van der Waals surface area contributed by atoms with E-state index >= 15 is 0 Å². The first-order valence-corrected chi connectivity index (χ1v) is 8.07. The van der Waals surface area contributed by atoms with Crippen molar-refractivity contribution in [3.05, 3.63) is 35.9 Å². The van der Waals surface area contributed by atoms with Crippen molar-refractivity contribution in [2.45, 2.75) is 52.8 Å². The van der Waals surface area contributed by atoms with Crippen LogP contribution in [0.2, 0.25) is 0 Å². The Labute approximate surface area is 150 Å². The Hall–Kier alpha value is -1.59. The summed E-state index contributed by atoms with van der Waals surface area (Å²) in [4.78, 5) is 24.4. The first-order valence-electron chi connectivity index (χ1n) is 8.07. The maximum absolute atomic E-state index is 12.3. The fourth-order valence-electron chi connectivity index (χ4n) is 2.09. The molecular weight excluding hydrogens is 328 g/mol. The van der Waals surface area contributed by atoms with E-state index in [-0.39, 0.29) is 36.8 Å². The summed E-state index contributed by atoms with van der Waals surface area (Å²) in [5, 5.41) is 2.73. The molecule has 2 atom stereocenters. The standard InChI is InChI=1S/C18H28N2O3.ClH/c1-12(2)10-15(20-17(21)16(19)13(3)4)18(22)23-11-14-8-6-5-7-9-14;/h5-9,12-13,15-16H,10-11,19H2,1-4H3,(H,20,21);1H/t15-,16-;/m0./s1. The topological polar surface area (TPSA) is 81.4 Å². The van der Waals surface area contributed by atoms with Crippen LogP contribution in [0, 0.1) is 11.8 Å². The van der Waals surface area contributed by atoms with Crippen molar-refractivity contribution in [1.82, 2.24) is 5.32 Å². The molecule has 0 unspecified atom stereocenters. The molecule has 3 N–H and O–H groups in total. The number of carbonyl (C=O) groups is 2. The van der Waals surface area contributed by atoms with Gasteiger partial charge in [-0.25, -0.2) is 4.79 Å². The van der Waals surface area contributed by atoms with E-state index in [1.54, 1.807) is 0 Å². The van der Waals surface area contributed by atoms with Gasteiger partial charge in [-0.1, -0.05) is 58.0 Å². The molecule has 0 bridgehead atoms. The molecule has 0 aliphatic rings. The number of hydrogen-bond acceptors (Lipinski definition) is 4. The van der Waals surface area contributed by atoms with E-state index in [0.29, 0.717) is 6.42 Å². The van der Waals surface area contributed by atoms with Crippen LogP contribution in [0.15, 0.2) is 30.3 Å². The summed E-state index contributed by atoms with van der Waals surface area (Å²) >= 11 is 0. The van der Waals surface area contributed by atoms with Gasteiger partial charge in [0.2, 0.25) is 5.91 Å². The van der Waals surface area contributed by atoms with Gasteiger partial charge in [-0.05, 0) is 23.8 Å². The second kappa shape index (κ2) is 11.0. The molecule has 1 aromatic rings. The molecule has 0 saturated carbocycles. The fraction of sp³-hybridized carbons (Fsp3) is 0.556. The Balaban J connectivity index is 0.00000529. The lowest BCUT2D eigenvalue weighted by Gasteiger charge is -2.22. The lowest BCUT2D eigenvalue weighted by atomic mass is 10.0. The molecule has 136 valence electrons. The fourth-order valence-corrected chi connectivity index (χ4v) is 2.09. The molecule has 0 saturated heterocycles. The first-order chi connectivity index (χ1) is 10.8. The summed E-state index contributed by atoms with van der Waals surface area (Å²) in [6.45, 7) is 7.92. The summed E-state index contributed by atoms with van der Waals surface area (Å²) in [5.74, 6) is -0.482. The number of ether oxygens (including phenoxy) is 1. The predicted octanol–water partition coefficient (Wildman–Crippen LogP) is 2.67. The molecule has 1 amide bonds. The highest BCUT2D eigenvalue weighted by molar-refractivity contribution is 5.87. The van der Waals surface area contributed by atoms with Crippen LogP contribution >= 0.6 is 12.4 Å². The molecule has 6 heteroatoms. The van der Waals surface area contributed by atoms with Crippen molar-refractivity contribution in [3.8, 4) is 0 Å². The van der Waals surface area contributed by atoms with Crippen molar-refractivity contribution >= 4 is 24.3 Å². The molecule has 5 nitrogen and oxygen atoms in total. The monoisotopic (exact) mass is 356 g/mol. The summed E-state index contributed by atoms with van der Waals surface area (Å²) in [6.07, 6.45) is 0.518. The third kappa shape index (κ3) is 7.79. The minimum Gasteiger partial charge on any atom is -0.459 e. The Morgan fingerprint density at radius 1 is 1.12 bits per heavy atom. The number of nitrogens with one attached hydrogen (secondary N) is 1. The second-order valence-corrected chi connectivity index (χ2v) is 6.55. The molecule has 0 heterocycles. The van der Waals surface area contributed by atoms with E-state index in [2.05, 4.69) is 5.32 Å². The number of rotatable bonds is 8. The molecule has 0 radical (unpaired) electrons. The van der Waals surface area contributed by atoms with Crippen LogP contribution in [0.3, 0.4) is 0 Å².